The van der Waals surface area contributed by atoms with Crippen LogP contribution in [0.4, 0.5) is 0 Å². The largest absolute Gasteiger partial charge is 0.480 e. The molecule has 0 fully saturated rings. The molecule has 0 saturated heterocycles. The van der Waals surface area contributed by atoms with Crippen LogP contribution in [0.5, 0.6) is 0 Å². The van der Waals surface area contributed by atoms with E-state index in [1.165, 1.54) is 0 Å². The summed E-state index contributed by atoms with van der Waals surface area (Å²) in [6.07, 6.45) is 8.15. The SMILES string of the molecule is NC(N)=NCCC[C@H](N)C(=O)O.NC(N)=NCCC[C@H](N)C(=O)O.NC(N)=NCCC[C@H](N)C(=O)O.NC(N)=NCCC[C@H](N)C(=O)O.NCCCC[C@H](N)C(=O)O.NCCCC[C@H](N)C(=O)O. The fraction of sp³-hybridized carbons (Fsp3) is 0.722. The minimum atomic E-state index is -1.00. The van der Waals surface area contributed by atoms with Crippen molar-refractivity contribution in [3.8, 4) is 0 Å². The van der Waals surface area contributed by atoms with Gasteiger partial charge in [-0.25, -0.2) is 0 Å². The predicted octanol–water partition coefficient (Wildman–Crippen LogP) is -7.14. The third kappa shape index (κ3) is 66.2. The maximum absolute atomic E-state index is 10.2. The monoisotopic (exact) mass is 989 g/mol. The van der Waals surface area contributed by atoms with Crippen LogP contribution in [0.2, 0.25) is 0 Å². The fourth-order valence-electron chi connectivity index (χ4n) is 3.84. The van der Waals surface area contributed by atoms with Crippen molar-refractivity contribution in [2.45, 2.75) is 126 Å². The van der Waals surface area contributed by atoms with Crippen LogP contribution in [0, 0.1) is 0 Å². The van der Waals surface area contributed by atoms with E-state index in [2.05, 4.69) is 20.0 Å². The molecular weight excluding hydrogens is 905 g/mol. The van der Waals surface area contributed by atoms with Gasteiger partial charge in [-0.3, -0.25) is 48.7 Å². The molecule has 0 spiro atoms. The minimum absolute atomic E-state index is 0.0129. The van der Waals surface area contributed by atoms with Crippen LogP contribution in [0.25, 0.3) is 0 Å². The van der Waals surface area contributed by atoms with E-state index in [9.17, 15) is 28.8 Å². The number of rotatable bonds is 30. The summed E-state index contributed by atoms with van der Waals surface area (Å²) >= 11 is 0. The highest BCUT2D eigenvalue weighted by Gasteiger charge is 2.13. The number of carboxylic acid groups (broad SMARTS) is 6. The first kappa shape index (κ1) is 73.2. The van der Waals surface area contributed by atoms with Gasteiger partial charge in [0.2, 0.25) is 0 Å². The summed E-state index contributed by atoms with van der Waals surface area (Å²) in [5, 5.41) is 50.2. The van der Waals surface area contributed by atoms with Crippen LogP contribution in [0.3, 0.4) is 0 Å². The number of hydrogen-bond acceptors (Lipinski definition) is 18. The molecule has 0 heterocycles. The Morgan fingerprint density at radius 2 is 0.441 bits per heavy atom. The van der Waals surface area contributed by atoms with Crippen molar-refractivity contribution in [3.05, 3.63) is 0 Å². The van der Waals surface area contributed by atoms with Crippen LogP contribution in [0.1, 0.15) is 89.9 Å². The zero-order valence-electron chi connectivity index (χ0n) is 38.8. The lowest BCUT2D eigenvalue weighted by molar-refractivity contribution is -0.139. The summed E-state index contributed by atoms with van der Waals surface area (Å²) in [6, 6.07) is -4.71. The number of nitrogens with two attached hydrogens (primary N) is 16. The number of unbranched alkanes of at least 4 members (excludes halogenated alkanes) is 2. The Kier molecular flexibility index (Phi) is 53.8. The van der Waals surface area contributed by atoms with Crippen molar-refractivity contribution in [1.29, 1.82) is 0 Å². The summed E-state index contributed by atoms with van der Waals surface area (Å²) in [7, 11) is 0. The second-order valence-corrected chi connectivity index (χ2v) is 14.0. The Balaban J connectivity index is -0.000000170. The van der Waals surface area contributed by atoms with Gasteiger partial charge in [-0.1, -0.05) is 12.8 Å². The van der Waals surface area contributed by atoms with Gasteiger partial charge in [0.1, 0.15) is 36.3 Å². The summed E-state index contributed by atoms with van der Waals surface area (Å²) in [4.78, 5) is 75.9. The van der Waals surface area contributed by atoms with Gasteiger partial charge in [0.25, 0.3) is 0 Å². The van der Waals surface area contributed by atoms with Crippen molar-refractivity contribution >= 4 is 59.7 Å². The Morgan fingerprint density at radius 1 is 0.294 bits per heavy atom. The van der Waals surface area contributed by atoms with Crippen LogP contribution in [0.15, 0.2) is 20.0 Å². The Bertz CT molecular complexity index is 1270. The molecule has 68 heavy (non-hydrogen) atoms. The van der Waals surface area contributed by atoms with Crippen LogP contribution in [-0.2, 0) is 28.8 Å². The van der Waals surface area contributed by atoms with Gasteiger partial charge in [-0.2, -0.15) is 0 Å². The van der Waals surface area contributed by atoms with Gasteiger partial charge in [0, 0.05) is 26.2 Å². The molecule has 32 heteroatoms. The van der Waals surface area contributed by atoms with E-state index in [1.54, 1.807) is 0 Å². The van der Waals surface area contributed by atoms with E-state index in [0.717, 1.165) is 25.7 Å². The fourth-order valence-corrected chi connectivity index (χ4v) is 3.84. The maximum Gasteiger partial charge on any atom is 0.320 e. The maximum atomic E-state index is 10.2. The summed E-state index contributed by atoms with van der Waals surface area (Å²) in [6.45, 7) is 2.89. The molecule has 6 atom stereocenters. The van der Waals surface area contributed by atoms with E-state index >= 15 is 0 Å². The zero-order valence-corrected chi connectivity index (χ0v) is 38.8. The molecule has 400 valence electrons. The Morgan fingerprint density at radius 3 is 0.559 bits per heavy atom. The van der Waals surface area contributed by atoms with E-state index < -0.39 is 72.1 Å². The second-order valence-electron chi connectivity index (χ2n) is 14.0. The first-order valence-corrected chi connectivity index (χ1v) is 21.0. The number of guanidine groups is 4. The Labute approximate surface area is 395 Å². The van der Waals surface area contributed by atoms with E-state index in [0.29, 0.717) is 103 Å². The molecule has 0 radical (unpaired) electrons. The topological polar surface area (TPSA) is 690 Å². The minimum Gasteiger partial charge on any atom is -0.480 e. The highest BCUT2D eigenvalue weighted by atomic mass is 16.4. The van der Waals surface area contributed by atoms with Crippen LogP contribution >= 0.6 is 0 Å². The lowest BCUT2D eigenvalue weighted by atomic mass is 10.1. The van der Waals surface area contributed by atoms with Crippen molar-refractivity contribution < 1.29 is 59.4 Å². The lowest BCUT2D eigenvalue weighted by Crippen LogP contribution is -2.30. The number of aliphatic imine (C=N–C) groups is 4. The van der Waals surface area contributed by atoms with E-state index in [1.807, 2.05) is 0 Å². The van der Waals surface area contributed by atoms with E-state index in [4.69, 9.17) is 122 Å². The van der Waals surface area contributed by atoms with Crippen LogP contribution in [-0.4, -0.2) is 166 Å². The lowest BCUT2D eigenvalue weighted by Gasteiger charge is -2.03. The molecule has 0 aromatic heterocycles. The number of carboxylic acids is 6. The molecule has 0 aliphatic rings. The number of hydrogen-bond donors (Lipinski definition) is 22. The molecule has 0 amide bonds. The van der Waals surface area contributed by atoms with Crippen LogP contribution < -0.4 is 91.7 Å². The number of nitrogens with zero attached hydrogens (tertiary/aromatic N) is 4. The molecule has 32 nitrogen and oxygen atoms in total. The zero-order chi connectivity index (χ0) is 54.2. The molecule has 38 N–H and O–H groups in total. The Hall–Kier alpha value is -6.42. The van der Waals surface area contributed by atoms with Gasteiger partial charge in [0.05, 0.1) is 0 Å². The summed E-state index contributed by atoms with van der Waals surface area (Å²) in [5.74, 6) is -5.82. The highest BCUT2D eigenvalue weighted by molar-refractivity contribution is 5.77. The molecular formula is C36H84N20O12. The number of carbonyl (C=O) groups is 6. The molecule has 0 bridgehead atoms. The van der Waals surface area contributed by atoms with Gasteiger partial charge >= 0.3 is 35.8 Å². The smallest absolute Gasteiger partial charge is 0.320 e. The van der Waals surface area contributed by atoms with Crippen molar-refractivity contribution in [2.24, 2.45) is 112 Å². The molecule has 0 saturated carbocycles. The van der Waals surface area contributed by atoms with Crippen molar-refractivity contribution in [1.82, 2.24) is 0 Å². The predicted molar refractivity (Wildman–Crippen MR) is 259 cm³/mol. The van der Waals surface area contributed by atoms with Crippen molar-refractivity contribution in [3.63, 3.8) is 0 Å². The summed E-state index contributed by atoms with van der Waals surface area (Å²) < 4.78 is 0. The molecule has 0 unspecified atom stereocenters. The third-order valence-electron chi connectivity index (χ3n) is 7.71. The first-order valence-electron chi connectivity index (χ1n) is 21.0. The molecule has 0 aliphatic carbocycles. The van der Waals surface area contributed by atoms with Crippen molar-refractivity contribution in [2.75, 3.05) is 39.3 Å². The molecule has 0 aromatic rings. The average molecular weight is 989 g/mol. The molecule has 0 aliphatic heterocycles. The standard InChI is InChI=1S/4C6H14N4O2.2C6H14N2O2/c4*7-4(5(11)12)2-1-3-10-6(8)9;2*7-4-2-1-3-5(8)6(9)10/h4*4H,1-3,7H2,(H,11,12)(H4,8,9,10);2*5H,1-4,7-8H2,(H,9,10)/t4*4-;2*5-/m000000/s1. The van der Waals surface area contributed by atoms with Gasteiger partial charge in [-0.05, 0) is 90.1 Å². The average Bonchev–Trinajstić information content (AvgIpc) is 3.24. The third-order valence-corrected chi connectivity index (χ3v) is 7.71. The molecule has 0 aromatic carbocycles. The first-order chi connectivity index (χ1) is 31.5. The van der Waals surface area contributed by atoms with Gasteiger partial charge in [-0.15, -0.1) is 0 Å². The normalized spacial score (nSPS) is 12.4. The van der Waals surface area contributed by atoms with Gasteiger partial charge in [0.15, 0.2) is 23.8 Å². The van der Waals surface area contributed by atoms with Gasteiger partial charge < -0.3 is 122 Å². The van der Waals surface area contributed by atoms with E-state index in [-0.39, 0.29) is 23.8 Å². The second kappa shape index (κ2) is 50.0. The highest BCUT2D eigenvalue weighted by Crippen LogP contribution is 1.99. The number of aliphatic carboxylic acids is 6. The molecule has 0 rings (SSSR count). The quantitative estimate of drug-likeness (QED) is 0.0181. The summed E-state index contributed by atoms with van der Waals surface area (Å²) in [5.41, 5.74) is 82.1.